The van der Waals surface area contributed by atoms with Crippen molar-refractivity contribution < 1.29 is 9.72 Å². The van der Waals surface area contributed by atoms with Gasteiger partial charge in [-0.25, -0.2) is 5.43 Å². The Bertz CT molecular complexity index is 500. The quantitative estimate of drug-likeness (QED) is 0.518. The van der Waals surface area contributed by atoms with E-state index in [0.717, 1.165) is 6.07 Å². The van der Waals surface area contributed by atoms with Gasteiger partial charge >= 0.3 is 0 Å². The molecule has 6 nitrogen and oxygen atoms in total. The van der Waals surface area contributed by atoms with Gasteiger partial charge in [-0.05, 0) is 12.0 Å². The first kappa shape index (κ1) is 14.1. The zero-order valence-corrected chi connectivity index (χ0v) is 10.6. The van der Waals surface area contributed by atoms with Crippen molar-refractivity contribution >= 4 is 29.4 Å². The van der Waals surface area contributed by atoms with Crippen LogP contribution in [0.3, 0.4) is 0 Å². The van der Waals surface area contributed by atoms with Crippen LogP contribution in [0.25, 0.3) is 0 Å². The molecular weight excluding hydrogens is 258 g/mol. The average Bonchev–Trinajstić information content (AvgIpc) is 2.27. The normalized spacial score (nSPS) is 10.9. The summed E-state index contributed by atoms with van der Waals surface area (Å²) in [5.41, 5.74) is 2.27. The summed E-state index contributed by atoms with van der Waals surface area (Å²) in [5.74, 6) is -0.301. The van der Waals surface area contributed by atoms with E-state index in [1.165, 1.54) is 12.1 Å². The third kappa shape index (κ3) is 3.81. The molecule has 0 aliphatic heterocycles. The third-order valence-electron chi connectivity index (χ3n) is 1.95. The summed E-state index contributed by atoms with van der Waals surface area (Å²) >= 11 is 5.79. The van der Waals surface area contributed by atoms with E-state index in [1.54, 1.807) is 6.21 Å². The molecule has 0 fully saturated rings. The number of nitro groups is 1. The molecule has 0 spiro atoms. The van der Waals surface area contributed by atoms with Gasteiger partial charge in [0.2, 0.25) is 0 Å². The molecule has 1 aromatic rings. The maximum Gasteiger partial charge on any atom is 0.272 e. The van der Waals surface area contributed by atoms with Gasteiger partial charge in [-0.15, -0.1) is 0 Å². The van der Waals surface area contributed by atoms with Crippen molar-refractivity contribution in [3.05, 3.63) is 38.9 Å². The van der Waals surface area contributed by atoms with Crippen LogP contribution >= 0.6 is 11.6 Å². The third-order valence-corrected chi connectivity index (χ3v) is 2.26. The second kappa shape index (κ2) is 6.11. The highest BCUT2D eigenvalue weighted by molar-refractivity contribution is 6.34. The maximum absolute atomic E-state index is 11.6. The van der Waals surface area contributed by atoms with Gasteiger partial charge in [-0.2, -0.15) is 5.10 Å². The molecule has 0 radical (unpaired) electrons. The number of carbonyl (C=O) groups excluding carboxylic acids is 1. The zero-order chi connectivity index (χ0) is 13.7. The molecule has 18 heavy (non-hydrogen) atoms. The van der Waals surface area contributed by atoms with Crippen LogP contribution in [0.15, 0.2) is 23.3 Å². The minimum absolute atomic E-state index is 0.0152. The van der Waals surface area contributed by atoms with E-state index in [1.807, 2.05) is 13.8 Å². The predicted molar refractivity (Wildman–Crippen MR) is 68.9 cm³/mol. The Labute approximate surface area is 109 Å². The highest BCUT2D eigenvalue weighted by atomic mass is 35.5. The topological polar surface area (TPSA) is 84.6 Å². The summed E-state index contributed by atoms with van der Waals surface area (Å²) in [5, 5.41) is 14.2. The van der Waals surface area contributed by atoms with Crippen molar-refractivity contribution in [3.63, 3.8) is 0 Å². The van der Waals surface area contributed by atoms with Crippen LogP contribution in [0.5, 0.6) is 0 Å². The van der Waals surface area contributed by atoms with Gasteiger partial charge in [-0.1, -0.05) is 25.4 Å². The SMILES string of the molecule is CC(C)/C=N\NC(=O)c1ccc([N+](=O)[O-])cc1Cl. The molecule has 0 atom stereocenters. The number of halogens is 1. The van der Waals surface area contributed by atoms with E-state index < -0.39 is 10.8 Å². The number of carbonyl (C=O) groups is 1. The number of hydrogen-bond acceptors (Lipinski definition) is 4. The summed E-state index contributed by atoms with van der Waals surface area (Å²) in [6.07, 6.45) is 1.57. The minimum atomic E-state index is -0.579. The van der Waals surface area contributed by atoms with Crippen LogP contribution in [0.1, 0.15) is 24.2 Å². The Morgan fingerprint density at radius 1 is 1.56 bits per heavy atom. The molecule has 1 amide bonds. The fourth-order valence-electron chi connectivity index (χ4n) is 1.11. The molecule has 0 unspecified atom stereocenters. The predicted octanol–water partition coefficient (Wildman–Crippen LogP) is 2.62. The molecule has 0 saturated heterocycles. The van der Waals surface area contributed by atoms with Crippen LogP contribution < -0.4 is 5.43 Å². The number of hydrazone groups is 1. The molecule has 0 aliphatic rings. The molecule has 0 heterocycles. The number of nitro benzene ring substituents is 1. The second-order valence-electron chi connectivity index (χ2n) is 3.88. The highest BCUT2D eigenvalue weighted by Gasteiger charge is 2.14. The molecule has 1 aromatic carbocycles. The molecule has 0 saturated carbocycles. The van der Waals surface area contributed by atoms with Crippen LogP contribution in [0.2, 0.25) is 5.02 Å². The summed E-state index contributed by atoms with van der Waals surface area (Å²) in [6, 6.07) is 3.64. The van der Waals surface area contributed by atoms with Crippen molar-refractivity contribution in [2.24, 2.45) is 11.0 Å². The molecule has 96 valence electrons. The number of nitrogens with zero attached hydrogens (tertiary/aromatic N) is 2. The zero-order valence-electron chi connectivity index (χ0n) is 9.88. The Kier molecular flexibility index (Phi) is 4.79. The molecule has 0 aromatic heterocycles. The number of non-ortho nitro benzene ring substituents is 1. The summed E-state index contributed by atoms with van der Waals surface area (Å²) < 4.78 is 0. The number of nitrogens with one attached hydrogen (secondary N) is 1. The van der Waals surface area contributed by atoms with Gasteiger partial charge in [0.05, 0.1) is 15.5 Å². The van der Waals surface area contributed by atoms with Crippen molar-refractivity contribution in [2.75, 3.05) is 0 Å². The first-order valence-electron chi connectivity index (χ1n) is 5.19. The van der Waals surface area contributed by atoms with Crippen molar-refractivity contribution in [3.8, 4) is 0 Å². The van der Waals surface area contributed by atoms with Crippen molar-refractivity contribution in [2.45, 2.75) is 13.8 Å². The fraction of sp³-hybridized carbons (Fsp3) is 0.273. The summed E-state index contributed by atoms with van der Waals surface area (Å²) in [6.45, 7) is 3.82. The van der Waals surface area contributed by atoms with Gasteiger partial charge in [-0.3, -0.25) is 14.9 Å². The molecule has 1 rings (SSSR count). The first-order valence-corrected chi connectivity index (χ1v) is 5.57. The fourth-order valence-corrected chi connectivity index (χ4v) is 1.37. The van der Waals surface area contributed by atoms with Crippen LogP contribution in [-0.2, 0) is 0 Å². The van der Waals surface area contributed by atoms with Gasteiger partial charge < -0.3 is 0 Å². The lowest BCUT2D eigenvalue weighted by Gasteiger charge is -2.02. The Balaban J connectivity index is 2.84. The van der Waals surface area contributed by atoms with Gasteiger partial charge in [0.25, 0.3) is 11.6 Å². The second-order valence-corrected chi connectivity index (χ2v) is 4.29. The largest absolute Gasteiger partial charge is 0.272 e. The van der Waals surface area contributed by atoms with E-state index in [2.05, 4.69) is 10.5 Å². The molecule has 0 aliphatic carbocycles. The maximum atomic E-state index is 11.6. The van der Waals surface area contributed by atoms with Gasteiger partial charge in [0.1, 0.15) is 0 Å². The number of hydrogen-bond donors (Lipinski definition) is 1. The van der Waals surface area contributed by atoms with Crippen LogP contribution in [-0.4, -0.2) is 17.0 Å². The minimum Gasteiger partial charge on any atom is -0.267 e. The van der Waals surface area contributed by atoms with E-state index >= 15 is 0 Å². The Morgan fingerprint density at radius 3 is 2.72 bits per heavy atom. The van der Waals surface area contributed by atoms with Gasteiger partial charge in [0.15, 0.2) is 0 Å². The van der Waals surface area contributed by atoms with E-state index in [-0.39, 0.29) is 22.2 Å². The van der Waals surface area contributed by atoms with Crippen LogP contribution in [0, 0.1) is 16.0 Å². The standard InChI is InChI=1S/C11H12ClN3O3/c1-7(2)6-13-14-11(16)9-4-3-8(15(17)18)5-10(9)12/h3-7H,1-2H3,(H,14,16)/b13-6-. The Hall–Kier alpha value is -1.95. The Morgan fingerprint density at radius 2 is 2.22 bits per heavy atom. The lowest BCUT2D eigenvalue weighted by atomic mass is 10.2. The van der Waals surface area contributed by atoms with E-state index in [4.69, 9.17) is 11.6 Å². The van der Waals surface area contributed by atoms with E-state index in [0.29, 0.717) is 0 Å². The molecule has 7 heteroatoms. The van der Waals surface area contributed by atoms with Crippen molar-refractivity contribution in [1.29, 1.82) is 0 Å². The average molecular weight is 270 g/mol. The molecule has 1 N–H and O–H groups in total. The summed E-state index contributed by atoms with van der Waals surface area (Å²) in [4.78, 5) is 21.6. The smallest absolute Gasteiger partial charge is 0.267 e. The van der Waals surface area contributed by atoms with E-state index in [9.17, 15) is 14.9 Å². The van der Waals surface area contributed by atoms with Crippen molar-refractivity contribution in [1.82, 2.24) is 5.43 Å². The number of amides is 1. The van der Waals surface area contributed by atoms with Crippen LogP contribution in [0.4, 0.5) is 5.69 Å². The molecular formula is C11H12ClN3O3. The first-order chi connectivity index (χ1) is 8.41. The number of rotatable bonds is 4. The lowest BCUT2D eigenvalue weighted by Crippen LogP contribution is -2.18. The monoisotopic (exact) mass is 269 g/mol. The molecule has 0 bridgehead atoms. The lowest BCUT2D eigenvalue weighted by molar-refractivity contribution is -0.384. The number of benzene rings is 1. The van der Waals surface area contributed by atoms with Gasteiger partial charge in [0, 0.05) is 18.3 Å². The highest BCUT2D eigenvalue weighted by Crippen LogP contribution is 2.22. The summed E-state index contributed by atoms with van der Waals surface area (Å²) in [7, 11) is 0.